The Balaban J connectivity index is 1.94. The molecule has 1 aliphatic carbocycles. The van der Waals surface area contributed by atoms with Gasteiger partial charge in [0.25, 0.3) is 0 Å². The summed E-state index contributed by atoms with van der Waals surface area (Å²) in [5, 5.41) is 1.20. The molecule has 0 amide bonds. The number of rotatable bonds is 4. The highest BCUT2D eigenvalue weighted by atomic mass is 79.9. The quantitative estimate of drug-likeness (QED) is 0.481. The topological polar surface area (TPSA) is 48.3 Å². The van der Waals surface area contributed by atoms with Crippen molar-refractivity contribution < 1.29 is 18.7 Å². The van der Waals surface area contributed by atoms with Crippen molar-refractivity contribution in [1.82, 2.24) is 4.57 Å². The van der Waals surface area contributed by atoms with E-state index in [1.807, 2.05) is 16.7 Å². The highest BCUT2D eigenvalue weighted by molar-refractivity contribution is 9.10. The van der Waals surface area contributed by atoms with E-state index in [1.54, 1.807) is 12.1 Å². The number of ketones is 1. The lowest BCUT2D eigenvalue weighted by Gasteiger charge is -2.16. The predicted molar refractivity (Wildman–Crippen MR) is 108 cm³/mol. The van der Waals surface area contributed by atoms with Crippen LogP contribution in [0.1, 0.15) is 40.4 Å². The molecule has 1 heterocycles. The number of nitrogens with zero attached hydrogens (tertiary/aromatic N) is 1. The minimum Gasteiger partial charge on any atom is -0.469 e. The van der Waals surface area contributed by atoms with Crippen LogP contribution >= 0.6 is 27.5 Å². The molecule has 7 heteroatoms. The molecular weight excluding hydrogens is 449 g/mol. The lowest BCUT2D eigenvalue weighted by molar-refractivity contribution is -0.141. The van der Waals surface area contributed by atoms with Gasteiger partial charge in [-0.1, -0.05) is 23.7 Å². The first-order chi connectivity index (χ1) is 13.4. The third-order valence-electron chi connectivity index (χ3n) is 5.11. The second-order valence-corrected chi connectivity index (χ2v) is 8.15. The fourth-order valence-corrected chi connectivity index (χ4v) is 4.73. The highest BCUT2D eigenvalue weighted by Gasteiger charge is 2.37. The number of aromatic nitrogens is 1. The zero-order chi connectivity index (χ0) is 20.0. The van der Waals surface area contributed by atoms with E-state index in [4.69, 9.17) is 16.3 Å². The van der Waals surface area contributed by atoms with Gasteiger partial charge in [0.05, 0.1) is 19.0 Å². The Morgan fingerprint density at radius 2 is 2.04 bits per heavy atom. The van der Waals surface area contributed by atoms with Gasteiger partial charge in [-0.2, -0.15) is 0 Å². The number of carbonyl (C=O) groups excluding carboxylic acids is 2. The van der Waals surface area contributed by atoms with E-state index in [9.17, 15) is 14.0 Å². The van der Waals surface area contributed by atoms with Crippen LogP contribution < -0.4 is 0 Å². The number of Topliss-reactive ketones (excluding diaryl/α,β-unsaturated/α-hetero) is 1. The van der Waals surface area contributed by atoms with Gasteiger partial charge >= 0.3 is 5.97 Å². The molecule has 1 aliphatic rings. The van der Waals surface area contributed by atoms with Gasteiger partial charge < -0.3 is 9.30 Å². The molecule has 1 atom stereocenters. The number of methoxy groups -OCH3 is 1. The lowest BCUT2D eigenvalue weighted by atomic mass is 10.0. The maximum absolute atomic E-state index is 14.1. The second-order valence-electron chi connectivity index (χ2n) is 6.86. The zero-order valence-corrected chi connectivity index (χ0v) is 17.3. The number of ether oxygens (including phenoxy) is 1. The molecule has 28 heavy (non-hydrogen) atoms. The first-order valence-corrected chi connectivity index (χ1v) is 9.91. The van der Waals surface area contributed by atoms with Crippen molar-refractivity contribution in [3.63, 3.8) is 0 Å². The number of halogens is 3. The third-order valence-corrected chi connectivity index (χ3v) is 5.96. The molecule has 0 bridgehead atoms. The highest BCUT2D eigenvalue weighted by Crippen LogP contribution is 2.44. The molecule has 4 nitrogen and oxygen atoms in total. The van der Waals surface area contributed by atoms with Crippen LogP contribution in [-0.2, 0) is 16.1 Å². The van der Waals surface area contributed by atoms with Crippen LogP contribution in [-0.4, -0.2) is 23.4 Å². The number of hydrogen-bond donors (Lipinski definition) is 0. The largest absolute Gasteiger partial charge is 0.469 e. The maximum atomic E-state index is 14.1. The number of carbonyl (C=O) groups is 2. The SMILES string of the molecule is COC(=O)C[C@H]1CC(=O)c2c1n(Cc1ccc(Cl)cc1)c1c(Br)cc(F)cc21. The Labute approximate surface area is 174 Å². The number of fused-ring (bicyclic) bond motifs is 3. The van der Waals surface area contributed by atoms with E-state index in [1.165, 1.54) is 19.2 Å². The van der Waals surface area contributed by atoms with Gasteiger partial charge in [-0.3, -0.25) is 9.59 Å². The Morgan fingerprint density at radius 3 is 2.71 bits per heavy atom. The smallest absolute Gasteiger partial charge is 0.306 e. The fraction of sp³-hybridized carbons (Fsp3) is 0.238. The molecule has 144 valence electrons. The van der Waals surface area contributed by atoms with Crippen molar-refractivity contribution in [2.24, 2.45) is 0 Å². The van der Waals surface area contributed by atoms with Crippen molar-refractivity contribution in [3.05, 3.63) is 68.5 Å². The van der Waals surface area contributed by atoms with Gasteiger partial charge in [0.1, 0.15) is 5.82 Å². The van der Waals surface area contributed by atoms with Crippen LogP contribution in [0.5, 0.6) is 0 Å². The van der Waals surface area contributed by atoms with Crippen LogP contribution in [0.25, 0.3) is 10.9 Å². The summed E-state index contributed by atoms with van der Waals surface area (Å²) in [6.45, 7) is 0.470. The molecule has 0 N–H and O–H groups in total. The van der Waals surface area contributed by atoms with E-state index < -0.39 is 5.82 Å². The average Bonchev–Trinajstić information content (AvgIpc) is 3.13. The van der Waals surface area contributed by atoms with Crippen LogP contribution in [0.2, 0.25) is 5.02 Å². The second kappa shape index (κ2) is 7.33. The fourth-order valence-electron chi connectivity index (χ4n) is 3.95. The van der Waals surface area contributed by atoms with Crippen LogP contribution in [0.15, 0.2) is 40.9 Å². The summed E-state index contributed by atoms with van der Waals surface area (Å²) >= 11 is 9.43. The van der Waals surface area contributed by atoms with Gasteiger partial charge in [-0.05, 0) is 45.8 Å². The van der Waals surface area contributed by atoms with Crippen molar-refractivity contribution in [3.8, 4) is 0 Å². The summed E-state index contributed by atoms with van der Waals surface area (Å²) in [6.07, 6.45) is 0.316. The van der Waals surface area contributed by atoms with E-state index in [0.29, 0.717) is 27.0 Å². The maximum Gasteiger partial charge on any atom is 0.306 e. The molecule has 0 radical (unpaired) electrons. The minimum absolute atomic E-state index is 0.0822. The van der Waals surface area contributed by atoms with Gasteiger partial charge in [-0.15, -0.1) is 0 Å². The number of hydrogen-bond acceptors (Lipinski definition) is 3. The Bertz CT molecular complexity index is 1110. The van der Waals surface area contributed by atoms with E-state index in [-0.39, 0.29) is 30.5 Å². The van der Waals surface area contributed by atoms with Gasteiger partial charge in [0, 0.05) is 45.0 Å². The molecule has 0 spiro atoms. The van der Waals surface area contributed by atoms with E-state index >= 15 is 0 Å². The molecule has 0 saturated carbocycles. The summed E-state index contributed by atoms with van der Waals surface area (Å²) in [5.41, 5.74) is 2.98. The summed E-state index contributed by atoms with van der Waals surface area (Å²) in [4.78, 5) is 24.7. The Kier molecular flexibility index (Phi) is 5.02. The van der Waals surface area contributed by atoms with Crippen molar-refractivity contribution in [2.45, 2.75) is 25.3 Å². The summed E-state index contributed by atoms with van der Waals surface area (Å²) in [6, 6.07) is 10.2. The molecule has 4 rings (SSSR count). The van der Waals surface area contributed by atoms with Crippen molar-refractivity contribution in [1.29, 1.82) is 0 Å². The molecule has 0 fully saturated rings. The molecular formula is C21H16BrClFNO3. The van der Waals surface area contributed by atoms with E-state index in [2.05, 4.69) is 15.9 Å². The van der Waals surface area contributed by atoms with Gasteiger partial charge in [-0.25, -0.2) is 4.39 Å². The normalized spacial score (nSPS) is 15.9. The zero-order valence-electron chi connectivity index (χ0n) is 15.0. The molecule has 0 unspecified atom stereocenters. The lowest BCUT2D eigenvalue weighted by Crippen LogP contribution is -2.12. The Hall–Kier alpha value is -2.18. The van der Waals surface area contributed by atoms with Crippen molar-refractivity contribution >= 4 is 50.2 Å². The van der Waals surface area contributed by atoms with Crippen molar-refractivity contribution in [2.75, 3.05) is 7.11 Å². The standard InChI is InChI=1S/C21H16BrClFNO3/c1-28-18(27)7-12-6-17(26)19-15-8-14(24)9-16(22)21(15)25(20(12)19)10-11-2-4-13(23)5-3-11/h2-5,8-9,12H,6-7,10H2,1H3/t12-/m1/s1. The Morgan fingerprint density at radius 1 is 1.32 bits per heavy atom. The molecule has 3 aromatic rings. The van der Waals surface area contributed by atoms with Gasteiger partial charge in [0.2, 0.25) is 0 Å². The molecule has 0 aliphatic heterocycles. The van der Waals surface area contributed by atoms with E-state index in [0.717, 1.165) is 16.8 Å². The summed E-state index contributed by atoms with van der Waals surface area (Å²) in [7, 11) is 1.33. The molecule has 2 aromatic carbocycles. The molecule has 0 saturated heterocycles. The first-order valence-electron chi connectivity index (χ1n) is 8.74. The predicted octanol–water partition coefficient (Wildman–Crippen LogP) is 5.48. The third kappa shape index (κ3) is 3.25. The first kappa shape index (κ1) is 19.2. The molecule has 1 aromatic heterocycles. The monoisotopic (exact) mass is 463 g/mol. The number of benzene rings is 2. The van der Waals surface area contributed by atoms with Crippen LogP contribution in [0, 0.1) is 5.82 Å². The van der Waals surface area contributed by atoms with Crippen LogP contribution in [0.3, 0.4) is 0 Å². The summed E-state index contributed by atoms with van der Waals surface area (Å²) in [5.74, 6) is -1.18. The average molecular weight is 465 g/mol. The minimum atomic E-state index is -0.421. The van der Waals surface area contributed by atoms with Gasteiger partial charge in [0.15, 0.2) is 5.78 Å². The van der Waals surface area contributed by atoms with Crippen LogP contribution in [0.4, 0.5) is 4.39 Å². The number of esters is 1. The summed E-state index contributed by atoms with van der Waals surface area (Å²) < 4.78 is 21.5.